The fourth-order valence-electron chi connectivity index (χ4n) is 5.47. The van der Waals surface area contributed by atoms with Crippen LogP contribution in [0, 0.1) is 0 Å². The van der Waals surface area contributed by atoms with Crippen LogP contribution >= 0.6 is 7.82 Å². The summed E-state index contributed by atoms with van der Waals surface area (Å²) in [7, 11) is -4.40. The molecule has 0 aliphatic rings. The molecule has 0 rings (SSSR count). The van der Waals surface area contributed by atoms with E-state index in [-0.39, 0.29) is 38.4 Å². The van der Waals surface area contributed by atoms with E-state index in [2.05, 4.69) is 44.2 Å². The van der Waals surface area contributed by atoms with Gasteiger partial charge in [-0.2, -0.15) is 0 Å². The highest BCUT2D eigenvalue weighted by Crippen LogP contribution is 2.43. The number of rotatable bonds is 39. The first-order valence-electron chi connectivity index (χ1n) is 21.1. The van der Waals surface area contributed by atoms with Gasteiger partial charge < -0.3 is 20.1 Å². The molecule has 0 saturated heterocycles. The topological polar surface area (TPSA) is 151 Å². The normalized spacial score (nSPS) is 13.7. The van der Waals surface area contributed by atoms with Crippen LogP contribution in [-0.2, 0) is 37.5 Å². The van der Waals surface area contributed by atoms with Crippen molar-refractivity contribution in [1.29, 1.82) is 0 Å². The van der Waals surface area contributed by atoms with Crippen LogP contribution in [0.4, 0.5) is 0 Å². The molecule has 0 radical (unpaired) electrons. The van der Waals surface area contributed by atoms with Crippen molar-refractivity contribution in [3.8, 4) is 0 Å². The Morgan fingerprint density at radius 1 is 0.611 bits per heavy atom. The lowest BCUT2D eigenvalue weighted by molar-refractivity contribution is -0.161. The molecule has 0 heterocycles. The van der Waals surface area contributed by atoms with Crippen molar-refractivity contribution in [2.24, 2.45) is 5.73 Å². The number of phosphoric ester groups is 1. The van der Waals surface area contributed by atoms with E-state index in [4.69, 9.17) is 24.3 Å². The predicted octanol–water partition coefficient (Wildman–Crippen LogP) is 11.1. The average Bonchev–Trinajstić information content (AvgIpc) is 3.15. The largest absolute Gasteiger partial charge is 0.472 e. The molecular weight excluding hydrogens is 705 g/mol. The summed E-state index contributed by atoms with van der Waals surface area (Å²) < 4.78 is 32.7. The minimum absolute atomic E-state index is 0.0363. The molecule has 2 atom stereocenters. The summed E-state index contributed by atoms with van der Waals surface area (Å²) in [6.45, 7) is 3.48. The van der Waals surface area contributed by atoms with Gasteiger partial charge in [0.25, 0.3) is 0 Å². The van der Waals surface area contributed by atoms with Gasteiger partial charge in [0.2, 0.25) is 0 Å². The summed E-state index contributed by atoms with van der Waals surface area (Å²) in [5.41, 5.74) is 5.33. The van der Waals surface area contributed by atoms with E-state index in [9.17, 15) is 23.8 Å². The SMILES string of the molecule is CCCCC/C=C\C/C=C\CCCCCCCCCC(=O)OC[C@H](COP(=O)(O)OCCN)OC(=O)CCCCCCC/C=C\C=C\C(=O)CCCCC. The van der Waals surface area contributed by atoms with E-state index < -0.39 is 32.5 Å². The van der Waals surface area contributed by atoms with E-state index in [1.807, 2.05) is 12.2 Å². The monoisotopic (exact) mass is 782 g/mol. The summed E-state index contributed by atoms with van der Waals surface area (Å²) >= 11 is 0. The summed E-state index contributed by atoms with van der Waals surface area (Å²) in [5.74, 6) is -0.729. The Bertz CT molecular complexity index is 1090. The van der Waals surface area contributed by atoms with Crippen LogP contribution in [0.2, 0.25) is 0 Å². The van der Waals surface area contributed by atoms with Crippen molar-refractivity contribution in [3.05, 3.63) is 48.6 Å². The maximum absolute atomic E-state index is 12.6. The lowest BCUT2D eigenvalue weighted by Crippen LogP contribution is -2.29. The minimum Gasteiger partial charge on any atom is -0.462 e. The average molecular weight is 782 g/mol. The maximum atomic E-state index is 12.6. The molecule has 0 amide bonds. The predicted molar refractivity (Wildman–Crippen MR) is 220 cm³/mol. The van der Waals surface area contributed by atoms with Crippen molar-refractivity contribution >= 4 is 25.5 Å². The van der Waals surface area contributed by atoms with Crippen molar-refractivity contribution in [3.63, 3.8) is 0 Å². The van der Waals surface area contributed by atoms with E-state index in [1.165, 1.54) is 44.9 Å². The highest BCUT2D eigenvalue weighted by atomic mass is 31.2. The van der Waals surface area contributed by atoms with Gasteiger partial charge >= 0.3 is 19.8 Å². The molecule has 0 fully saturated rings. The molecule has 312 valence electrons. The molecule has 1 unspecified atom stereocenters. The Kier molecular flexibility index (Phi) is 37.2. The minimum atomic E-state index is -4.40. The van der Waals surface area contributed by atoms with Crippen LogP contribution in [0.5, 0.6) is 0 Å². The lowest BCUT2D eigenvalue weighted by Gasteiger charge is -2.19. The highest BCUT2D eigenvalue weighted by molar-refractivity contribution is 7.47. The number of hydrogen-bond acceptors (Lipinski definition) is 9. The Balaban J connectivity index is 4.25. The first-order chi connectivity index (χ1) is 26.2. The third kappa shape index (κ3) is 37.9. The number of carbonyl (C=O) groups is 3. The number of unbranched alkanes of at least 4 members (excludes halogenated alkanes) is 17. The first-order valence-corrected chi connectivity index (χ1v) is 22.6. The lowest BCUT2D eigenvalue weighted by atomic mass is 10.1. The Morgan fingerprint density at radius 2 is 1.13 bits per heavy atom. The number of phosphoric acid groups is 1. The summed E-state index contributed by atoms with van der Waals surface area (Å²) in [6, 6.07) is 0. The van der Waals surface area contributed by atoms with Gasteiger partial charge in [0.1, 0.15) is 6.61 Å². The number of hydrogen-bond donors (Lipinski definition) is 2. The number of carbonyl (C=O) groups excluding carboxylic acids is 3. The van der Waals surface area contributed by atoms with Crippen LogP contribution < -0.4 is 5.73 Å². The molecule has 0 aliphatic heterocycles. The smallest absolute Gasteiger partial charge is 0.462 e. The van der Waals surface area contributed by atoms with E-state index in [1.54, 1.807) is 6.08 Å². The molecule has 11 heteroatoms. The van der Waals surface area contributed by atoms with Crippen LogP contribution in [0.15, 0.2) is 48.6 Å². The van der Waals surface area contributed by atoms with Crippen molar-refractivity contribution in [2.75, 3.05) is 26.4 Å². The fourth-order valence-corrected chi connectivity index (χ4v) is 6.23. The zero-order chi connectivity index (χ0) is 39.8. The second-order valence-corrected chi connectivity index (χ2v) is 15.3. The van der Waals surface area contributed by atoms with Gasteiger partial charge in [0.05, 0.1) is 13.2 Å². The molecular formula is C43H76NO9P. The Labute approximate surface area is 328 Å². The number of ketones is 1. The fraction of sp³-hybridized carbons (Fsp3) is 0.744. The Hall–Kier alpha value is -2.36. The molecule has 0 aromatic rings. The van der Waals surface area contributed by atoms with Crippen LogP contribution in [0.25, 0.3) is 0 Å². The van der Waals surface area contributed by atoms with Gasteiger partial charge in [-0.3, -0.25) is 23.4 Å². The second-order valence-electron chi connectivity index (χ2n) is 13.9. The van der Waals surface area contributed by atoms with Crippen molar-refractivity contribution in [2.45, 2.75) is 180 Å². The first kappa shape index (κ1) is 51.6. The Morgan fingerprint density at radius 3 is 1.74 bits per heavy atom. The van der Waals surface area contributed by atoms with E-state index >= 15 is 0 Å². The molecule has 3 N–H and O–H groups in total. The molecule has 0 saturated carbocycles. The molecule has 54 heavy (non-hydrogen) atoms. The molecule has 0 aromatic heterocycles. The number of ether oxygens (including phenoxy) is 2. The summed E-state index contributed by atoms with van der Waals surface area (Å²) in [6.07, 6.45) is 39.7. The molecule has 0 aliphatic carbocycles. The van der Waals surface area contributed by atoms with Gasteiger partial charge in [-0.05, 0) is 70.3 Å². The third-order valence-electron chi connectivity index (χ3n) is 8.66. The quantitative estimate of drug-likeness (QED) is 0.0154. The maximum Gasteiger partial charge on any atom is 0.472 e. The number of allylic oxidation sites excluding steroid dienone is 8. The molecule has 0 aromatic carbocycles. The van der Waals surface area contributed by atoms with Gasteiger partial charge in [-0.1, -0.05) is 133 Å². The second kappa shape index (κ2) is 38.9. The summed E-state index contributed by atoms with van der Waals surface area (Å²) in [4.78, 5) is 46.6. The van der Waals surface area contributed by atoms with Gasteiger partial charge in [-0.15, -0.1) is 0 Å². The van der Waals surface area contributed by atoms with E-state index in [0.29, 0.717) is 19.3 Å². The van der Waals surface area contributed by atoms with Crippen LogP contribution in [0.3, 0.4) is 0 Å². The van der Waals surface area contributed by atoms with Gasteiger partial charge in [0, 0.05) is 25.8 Å². The van der Waals surface area contributed by atoms with Crippen molar-refractivity contribution in [1.82, 2.24) is 0 Å². The molecule has 0 spiro atoms. The van der Waals surface area contributed by atoms with Gasteiger partial charge in [0.15, 0.2) is 11.9 Å². The zero-order valence-electron chi connectivity index (χ0n) is 33.9. The van der Waals surface area contributed by atoms with Crippen molar-refractivity contribution < 1.29 is 42.4 Å². The molecule has 10 nitrogen and oxygen atoms in total. The standard InChI is InChI=1S/C43H76NO9P/c1-3-5-7-8-9-10-11-12-13-14-15-16-17-20-23-26-30-34-42(46)50-38-41(39-52-54(48,49)51-37-36-44)53-43(47)35-31-27-24-21-18-19-22-25-29-33-40(45)32-28-6-4-2/h9-10,12-13,22,25,29,33,41H,3-8,11,14-21,23-24,26-28,30-32,34-39,44H2,1-2H3,(H,48,49)/b10-9-,13-12-,25-22-,33-29+/t41-/m1/s1. The van der Waals surface area contributed by atoms with E-state index in [0.717, 1.165) is 83.5 Å². The zero-order valence-corrected chi connectivity index (χ0v) is 34.8. The molecule has 0 bridgehead atoms. The van der Waals surface area contributed by atoms with Gasteiger partial charge in [-0.25, -0.2) is 4.57 Å². The third-order valence-corrected chi connectivity index (χ3v) is 9.65. The van der Waals surface area contributed by atoms with Crippen LogP contribution in [0.1, 0.15) is 174 Å². The number of nitrogens with two attached hydrogens (primary N) is 1. The summed E-state index contributed by atoms with van der Waals surface area (Å²) in [5, 5.41) is 0. The van der Waals surface area contributed by atoms with Crippen LogP contribution in [-0.4, -0.2) is 55.1 Å². The highest BCUT2D eigenvalue weighted by Gasteiger charge is 2.26. The number of esters is 2.